The maximum absolute atomic E-state index is 14.6. The summed E-state index contributed by atoms with van der Waals surface area (Å²) in [5, 5.41) is 7.99. The number of carbonyl (C=O) groups excluding carboxylic acids is 1. The van der Waals surface area contributed by atoms with Gasteiger partial charge in [0, 0.05) is 12.5 Å². The summed E-state index contributed by atoms with van der Waals surface area (Å²) >= 11 is 12.5. The summed E-state index contributed by atoms with van der Waals surface area (Å²) in [4.78, 5) is 15.3. The Morgan fingerprint density at radius 1 is 1.42 bits per heavy atom. The third kappa shape index (κ3) is 3.24. The highest BCUT2D eigenvalue weighted by Gasteiger charge is 2.38. The van der Waals surface area contributed by atoms with Gasteiger partial charge < -0.3 is 5.32 Å². The molecule has 1 amide bonds. The minimum absolute atomic E-state index is 0.0480. The number of amides is 1. The van der Waals surface area contributed by atoms with E-state index in [-0.39, 0.29) is 31.6 Å². The van der Waals surface area contributed by atoms with Crippen LogP contribution in [-0.4, -0.2) is 21.1 Å². The van der Waals surface area contributed by atoms with E-state index in [1.807, 2.05) is 5.10 Å². The number of nitrogens with one attached hydrogen (secondary N) is 2. The smallest absolute Gasteiger partial charge is 0.302 e. The van der Waals surface area contributed by atoms with Gasteiger partial charge >= 0.3 is 6.18 Å². The second kappa shape index (κ2) is 6.67. The summed E-state index contributed by atoms with van der Waals surface area (Å²) in [7, 11) is 0. The molecule has 2 heterocycles. The molecule has 138 valence electrons. The third-order valence-electron chi connectivity index (χ3n) is 3.38. The normalized spacial score (nSPS) is 12.0. The van der Waals surface area contributed by atoms with E-state index in [4.69, 9.17) is 23.2 Å². The molecule has 3 aromatic rings. The van der Waals surface area contributed by atoms with Gasteiger partial charge in [-0.05, 0) is 6.07 Å². The van der Waals surface area contributed by atoms with Gasteiger partial charge in [0.2, 0.25) is 5.91 Å². The van der Waals surface area contributed by atoms with Crippen LogP contribution >= 0.6 is 34.5 Å². The first kappa shape index (κ1) is 18.9. The Labute approximate surface area is 157 Å². The fraction of sp³-hybridized carbons (Fsp3) is 0.214. The lowest BCUT2D eigenvalue weighted by Crippen LogP contribution is -2.08. The summed E-state index contributed by atoms with van der Waals surface area (Å²) in [5.41, 5.74) is -1.92. The highest BCUT2D eigenvalue weighted by Crippen LogP contribution is 2.43. The van der Waals surface area contributed by atoms with Gasteiger partial charge in [0.1, 0.15) is 22.7 Å². The van der Waals surface area contributed by atoms with Gasteiger partial charge in [0.25, 0.3) is 0 Å². The number of aromatic amines is 1. The fourth-order valence-electron chi connectivity index (χ4n) is 2.37. The maximum atomic E-state index is 14.6. The van der Waals surface area contributed by atoms with Crippen LogP contribution in [0.25, 0.3) is 21.5 Å². The number of halogens is 6. The average Bonchev–Trinajstić information content (AvgIpc) is 3.10. The molecule has 0 aliphatic carbocycles. The predicted octanol–water partition coefficient (Wildman–Crippen LogP) is 5.19. The van der Waals surface area contributed by atoms with E-state index >= 15 is 0 Å². The first-order chi connectivity index (χ1) is 12.1. The van der Waals surface area contributed by atoms with Crippen LogP contribution in [0.1, 0.15) is 18.2 Å². The summed E-state index contributed by atoms with van der Waals surface area (Å²) in [5.74, 6) is -1.84. The van der Waals surface area contributed by atoms with Crippen molar-refractivity contribution in [2.45, 2.75) is 19.0 Å². The number of benzene rings is 1. The van der Waals surface area contributed by atoms with E-state index in [1.54, 1.807) is 0 Å². The van der Waals surface area contributed by atoms with Crippen molar-refractivity contribution in [2.24, 2.45) is 0 Å². The molecule has 0 bridgehead atoms. The van der Waals surface area contributed by atoms with E-state index in [0.29, 0.717) is 0 Å². The molecule has 0 saturated heterocycles. The molecule has 0 saturated carbocycles. The van der Waals surface area contributed by atoms with Crippen LogP contribution in [0.5, 0.6) is 0 Å². The zero-order chi connectivity index (χ0) is 19.2. The number of H-pyrrole nitrogens is 1. The molecule has 0 aliphatic rings. The van der Waals surface area contributed by atoms with Crippen molar-refractivity contribution < 1.29 is 22.4 Å². The van der Waals surface area contributed by atoms with Gasteiger partial charge in [-0.2, -0.15) is 18.3 Å². The van der Waals surface area contributed by atoms with Crippen LogP contribution in [0.15, 0.2) is 6.07 Å². The van der Waals surface area contributed by atoms with Crippen molar-refractivity contribution >= 4 is 55.8 Å². The molecular formula is C14H8Cl2F4N4OS. The molecule has 26 heavy (non-hydrogen) atoms. The van der Waals surface area contributed by atoms with E-state index in [0.717, 1.165) is 17.4 Å². The molecule has 0 radical (unpaired) electrons. The molecule has 0 spiro atoms. The van der Waals surface area contributed by atoms with Gasteiger partial charge in [0.15, 0.2) is 5.13 Å². The molecule has 2 N–H and O–H groups in total. The number of anilines is 1. The highest BCUT2D eigenvalue weighted by molar-refractivity contribution is 7.23. The van der Waals surface area contributed by atoms with Crippen molar-refractivity contribution in [3.8, 4) is 11.3 Å². The van der Waals surface area contributed by atoms with Gasteiger partial charge in [-0.1, -0.05) is 22.9 Å². The molecule has 0 fully saturated rings. The summed E-state index contributed by atoms with van der Waals surface area (Å²) in [6.45, 7) is 1.25. The number of thiazole rings is 1. The van der Waals surface area contributed by atoms with Gasteiger partial charge in [0.05, 0.1) is 21.2 Å². The first-order valence-electron chi connectivity index (χ1n) is 6.90. The van der Waals surface area contributed by atoms with Crippen LogP contribution in [0, 0.1) is 5.82 Å². The predicted molar refractivity (Wildman–Crippen MR) is 91.0 cm³/mol. The first-order valence-corrected chi connectivity index (χ1v) is 8.63. The molecule has 1 aromatic carbocycles. The third-order valence-corrected chi connectivity index (χ3v) is 4.92. The second-order valence-electron chi connectivity index (χ2n) is 5.15. The lowest BCUT2D eigenvalue weighted by Gasteiger charge is -2.07. The van der Waals surface area contributed by atoms with Crippen LogP contribution in [-0.2, 0) is 16.9 Å². The standard InChI is InChI=1S/C14H8Cl2F4N4OS/c1-4(25)21-13-22-10-6(16)2-7(17)8(11(10)26-13)9-5(3-15)12(24-23-9)14(18,19)20/h2H,3H2,1H3,(H,23,24)(H,21,22,25). The number of alkyl halides is 4. The van der Waals surface area contributed by atoms with E-state index < -0.39 is 35.0 Å². The van der Waals surface area contributed by atoms with Crippen molar-refractivity contribution in [3.05, 3.63) is 28.2 Å². The van der Waals surface area contributed by atoms with Crippen molar-refractivity contribution in [3.63, 3.8) is 0 Å². The Hall–Kier alpha value is -1.91. The van der Waals surface area contributed by atoms with E-state index in [9.17, 15) is 22.4 Å². The highest BCUT2D eigenvalue weighted by atomic mass is 35.5. The molecule has 12 heteroatoms. The van der Waals surface area contributed by atoms with Gasteiger partial charge in [-0.25, -0.2) is 9.37 Å². The number of hydrogen-bond acceptors (Lipinski definition) is 4. The Morgan fingerprint density at radius 2 is 2.12 bits per heavy atom. The van der Waals surface area contributed by atoms with Crippen LogP contribution in [0.4, 0.5) is 22.7 Å². The second-order valence-corrected chi connectivity index (χ2v) is 6.82. The van der Waals surface area contributed by atoms with Crippen LogP contribution in [0.2, 0.25) is 5.02 Å². The van der Waals surface area contributed by atoms with Crippen molar-refractivity contribution in [2.75, 3.05) is 5.32 Å². The van der Waals surface area contributed by atoms with Crippen molar-refractivity contribution in [1.29, 1.82) is 0 Å². The Bertz CT molecular complexity index is 1010. The molecule has 2 aromatic heterocycles. The average molecular weight is 427 g/mol. The molecule has 3 rings (SSSR count). The fourth-order valence-corrected chi connectivity index (χ4v) is 4.00. The molecule has 0 unspecified atom stereocenters. The van der Waals surface area contributed by atoms with Crippen molar-refractivity contribution in [1.82, 2.24) is 15.2 Å². The van der Waals surface area contributed by atoms with E-state index in [1.165, 1.54) is 6.92 Å². The lowest BCUT2D eigenvalue weighted by molar-refractivity contribution is -0.141. The topological polar surface area (TPSA) is 70.7 Å². The van der Waals surface area contributed by atoms with Gasteiger partial charge in [-0.15, -0.1) is 11.6 Å². The number of rotatable bonds is 3. The molecule has 0 atom stereocenters. The summed E-state index contributed by atoms with van der Waals surface area (Å²) in [6.07, 6.45) is -4.73. The van der Waals surface area contributed by atoms with Crippen LogP contribution in [0.3, 0.4) is 0 Å². The lowest BCUT2D eigenvalue weighted by atomic mass is 10.1. The Balaban J connectivity index is 2.30. The summed E-state index contributed by atoms with van der Waals surface area (Å²) in [6, 6.07) is 0.927. The summed E-state index contributed by atoms with van der Waals surface area (Å²) < 4.78 is 54.0. The number of hydrogen-bond donors (Lipinski definition) is 2. The maximum Gasteiger partial charge on any atom is 0.433 e. The number of nitrogens with zero attached hydrogens (tertiary/aromatic N) is 2. The number of aromatic nitrogens is 3. The molecule has 0 aliphatic heterocycles. The Morgan fingerprint density at radius 3 is 2.69 bits per heavy atom. The van der Waals surface area contributed by atoms with Gasteiger partial charge in [-0.3, -0.25) is 9.89 Å². The van der Waals surface area contributed by atoms with E-state index in [2.05, 4.69) is 15.4 Å². The quantitative estimate of drug-likeness (QED) is 0.446. The Kier molecular flexibility index (Phi) is 4.84. The number of carbonyl (C=O) groups is 1. The minimum Gasteiger partial charge on any atom is -0.302 e. The monoisotopic (exact) mass is 426 g/mol. The SMILES string of the molecule is CC(=O)Nc1nc2c(Cl)cc(F)c(-c3n[nH]c(C(F)(F)F)c3CCl)c2s1. The number of fused-ring (bicyclic) bond motifs is 1. The molecular weight excluding hydrogens is 419 g/mol. The molecule has 5 nitrogen and oxygen atoms in total. The zero-order valence-electron chi connectivity index (χ0n) is 12.8. The minimum atomic E-state index is -4.73. The zero-order valence-corrected chi connectivity index (χ0v) is 15.1. The van der Waals surface area contributed by atoms with Crippen LogP contribution < -0.4 is 5.32 Å². The largest absolute Gasteiger partial charge is 0.433 e.